The Bertz CT molecular complexity index is 495. The number of rotatable bonds is 5. The van der Waals surface area contributed by atoms with Gasteiger partial charge in [0.05, 0.1) is 15.5 Å². The molecule has 0 saturated carbocycles. The summed E-state index contributed by atoms with van der Waals surface area (Å²) in [6, 6.07) is 10.8. The van der Waals surface area contributed by atoms with Crippen molar-refractivity contribution in [1.29, 1.82) is 0 Å². The third-order valence-electron chi connectivity index (χ3n) is 2.73. The molecule has 0 amide bonds. The third kappa shape index (κ3) is 3.24. The number of halogens is 1. The van der Waals surface area contributed by atoms with Gasteiger partial charge >= 0.3 is 0 Å². The van der Waals surface area contributed by atoms with Crippen LogP contribution < -0.4 is 10.1 Å². The molecule has 0 aliphatic heterocycles. The van der Waals surface area contributed by atoms with E-state index in [-0.39, 0.29) is 6.04 Å². The van der Waals surface area contributed by atoms with Crippen LogP contribution in [-0.4, -0.2) is 13.7 Å². The molecule has 0 saturated heterocycles. The Morgan fingerprint density at radius 3 is 2.50 bits per heavy atom. The highest BCUT2D eigenvalue weighted by Crippen LogP contribution is 2.28. The number of ether oxygens (including phenoxy) is 1. The highest BCUT2D eigenvalue weighted by Gasteiger charge is 2.13. The average Bonchev–Trinajstić information content (AvgIpc) is 2.79. The largest absolute Gasteiger partial charge is 0.494 e. The van der Waals surface area contributed by atoms with E-state index in [2.05, 4.69) is 51.5 Å². The van der Waals surface area contributed by atoms with Gasteiger partial charge in [0, 0.05) is 0 Å². The van der Waals surface area contributed by atoms with Crippen LogP contribution in [0.4, 0.5) is 0 Å². The first-order chi connectivity index (χ1) is 8.74. The van der Waals surface area contributed by atoms with Crippen LogP contribution >= 0.6 is 33.9 Å². The number of hydrogen-bond donors (Lipinski definition) is 1. The maximum absolute atomic E-state index is 5.46. The summed E-state index contributed by atoms with van der Waals surface area (Å²) in [5.41, 5.74) is 2.58. The minimum Gasteiger partial charge on any atom is -0.494 e. The predicted molar refractivity (Wildman–Crippen MR) is 85.5 cm³/mol. The van der Waals surface area contributed by atoms with Crippen LogP contribution in [0.1, 0.15) is 24.1 Å². The highest BCUT2D eigenvalue weighted by molar-refractivity contribution is 14.1. The Labute approximate surface area is 126 Å². The second kappa shape index (κ2) is 6.54. The van der Waals surface area contributed by atoms with E-state index < -0.39 is 0 Å². The van der Waals surface area contributed by atoms with Crippen molar-refractivity contribution >= 4 is 33.9 Å². The lowest BCUT2D eigenvalue weighted by Crippen LogP contribution is -2.16. The molecule has 2 rings (SSSR count). The van der Waals surface area contributed by atoms with Crippen LogP contribution in [-0.2, 0) is 0 Å². The van der Waals surface area contributed by atoms with E-state index in [9.17, 15) is 0 Å². The molecule has 0 fully saturated rings. The first-order valence-electron chi connectivity index (χ1n) is 5.88. The molecule has 18 heavy (non-hydrogen) atoms. The van der Waals surface area contributed by atoms with Crippen molar-refractivity contribution in [1.82, 2.24) is 5.32 Å². The number of nitrogens with one attached hydrogen (secondary N) is 1. The molecule has 1 N–H and O–H groups in total. The van der Waals surface area contributed by atoms with Gasteiger partial charge in [0.15, 0.2) is 0 Å². The zero-order valence-electron chi connectivity index (χ0n) is 10.4. The first-order valence-corrected chi connectivity index (χ1v) is 7.84. The van der Waals surface area contributed by atoms with Crippen molar-refractivity contribution in [3.05, 3.63) is 49.7 Å². The van der Waals surface area contributed by atoms with E-state index in [1.54, 1.807) is 11.3 Å². The molecule has 4 heteroatoms. The van der Waals surface area contributed by atoms with Crippen LogP contribution in [0.2, 0.25) is 0 Å². The highest BCUT2D eigenvalue weighted by atomic mass is 127. The molecule has 0 bridgehead atoms. The lowest BCUT2D eigenvalue weighted by atomic mass is 10.0. The van der Waals surface area contributed by atoms with Gasteiger partial charge in [-0.3, -0.25) is 0 Å². The smallest absolute Gasteiger partial charge is 0.119 e. The fourth-order valence-electron chi connectivity index (χ4n) is 1.92. The summed E-state index contributed by atoms with van der Waals surface area (Å²) >= 11 is 4.13. The van der Waals surface area contributed by atoms with Crippen molar-refractivity contribution in [2.45, 2.75) is 13.0 Å². The monoisotopic (exact) mass is 373 g/mol. The Hall–Kier alpha value is -0.590. The molecule has 0 spiro atoms. The third-order valence-corrected chi connectivity index (χ3v) is 4.54. The molecular weight excluding hydrogens is 357 g/mol. The topological polar surface area (TPSA) is 21.3 Å². The summed E-state index contributed by atoms with van der Waals surface area (Å²) < 4.78 is 6.78. The molecule has 1 atom stereocenters. The van der Waals surface area contributed by atoms with Crippen molar-refractivity contribution in [3.8, 4) is 5.75 Å². The van der Waals surface area contributed by atoms with Crippen molar-refractivity contribution in [2.75, 3.05) is 13.7 Å². The van der Waals surface area contributed by atoms with Crippen LogP contribution in [0.3, 0.4) is 0 Å². The lowest BCUT2D eigenvalue weighted by Gasteiger charge is -2.16. The van der Waals surface area contributed by atoms with Gasteiger partial charge in [-0.25, -0.2) is 0 Å². The number of thiophene rings is 1. The Kier molecular flexibility index (Phi) is 5.03. The van der Waals surface area contributed by atoms with Gasteiger partial charge in [0.2, 0.25) is 0 Å². The normalized spacial score (nSPS) is 12.4. The molecule has 1 heterocycles. The van der Waals surface area contributed by atoms with Gasteiger partial charge in [-0.1, -0.05) is 12.1 Å². The van der Waals surface area contributed by atoms with Crippen LogP contribution in [0, 0.1) is 2.88 Å². The van der Waals surface area contributed by atoms with E-state index in [1.165, 1.54) is 14.0 Å². The van der Waals surface area contributed by atoms with Crippen molar-refractivity contribution in [2.24, 2.45) is 0 Å². The molecule has 0 radical (unpaired) electrons. The van der Waals surface area contributed by atoms with E-state index in [0.29, 0.717) is 6.61 Å². The SMILES string of the molecule is CCOc1ccc(C(NC)c2csc(I)c2)cc1. The number of benzene rings is 1. The Morgan fingerprint density at radius 1 is 1.28 bits per heavy atom. The second-order valence-electron chi connectivity index (χ2n) is 3.91. The van der Waals surface area contributed by atoms with Crippen LogP contribution in [0.25, 0.3) is 0 Å². The predicted octanol–water partition coefficient (Wildman–Crippen LogP) is 4.06. The summed E-state index contributed by atoms with van der Waals surface area (Å²) in [4.78, 5) is 0. The molecule has 0 aliphatic rings. The fraction of sp³-hybridized carbons (Fsp3) is 0.286. The lowest BCUT2D eigenvalue weighted by molar-refractivity contribution is 0.340. The second-order valence-corrected chi connectivity index (χ2v) is 6.71. The van der Waals surface area contributed by atoms with Gasteiger partial charge in [0.1, 0.15) is 5.75 Å². The van der Waals surface area contributed by atoms with E-state index >= 15 is 0 Å². The zero-order chi connectivity index (χ0) is 13.0. The Balaban J connectivity index is 2.22. The van der Waals surface area contributed by atoms with E-state index in [4.69, 9.17) is 4.74 Å². The molecule has 96 valence electrons. The fourth-order valence-corrected chi connectivity index (χ4v) is 3.32. The van der Waals surface area contributed by atoms with E-state index in [1.807, 2.05) is 26.1 Å². The maximum atomic E-state index is 5.46. The minimum atomic E-state index is 0.250. The molecule has 1 unspecified atom stereocenters. The molecular formula is C14H16INOS. The summed E-state index contributed by atoms with van der Waals surface area (Å²) in [6.45, 7) is 2.70. The summed E-state index contributed by atoms with van der Waals surface area (Å²) in [6.07, 6.45) is 0. The minimum absolute atomic E-state index is 0.250. The average molecular weight is 373 g/mol. The van der Waals surface area contributed by atoms with Crippen LogP contribution in [0.5, 0.6) is 5.75 Å². The Morgan fingerprint density at radius 2 is 2.00 bits per heavy atom. The van der Waals surface area contributed by atoms with Gasteiger partial charge in [0.25, 0.3) is 0 Å². The van der Waals surface area contributed by atoms with Crippen LogP contribution in [0.15, 0.2) is 35.7 Å². The summed E-state index contributed by atoms with van der Waals surface area (Å²) in [5, 5.41) is 5.57. The molecule has 2 aromatic rings. The molecule has 0 aliphatic carbocycles. The zero-order valence-corrected chi connectivity index (χ0v) is 13.4. The van der Waals surface area contributed by atoms with Gasteiger partial charge in [-0.05, 0) is 71.3 Å². The quantitative estimate of drug-likeness (QED) is 0.799. The first kappa shape index (κ1) is 13.8. The van der Waals surface area contributed by atoms with Crippen molar-refractivity contribution in [3.63, 3.8) is 0 Å². The van der Waals surface area contributed by atoms with Gasteiger partial charge in [-0.2, -0.15) is 0 Å². The van der Waals surface area contributed by atoms with Gasteiger partial charge < -0.3 is 10.1 Å². The maximum Gasteiger partial charge on any atom is 0.119 e. The van der Waals surface area contributed by atoms with Gasteiger partial charge in [-0.15, -0.1) is 11.3 Å². The summed E-state index contributed by atoms with van der Waals surface area (Å²) in [7, 11) is 1.99. The molecule has 1 aromatic carbocycles. The number of hydrogen-bond acceptors (Lipinski definition) is 3. The summed E-state index contributed by atoms with van der Waals surface area (Å²) in [5.74, 6) is 0.927. The molecule has 2 nitrogen and oxygen atoms in total. The molecule has 1 aromatic heterocycles. The van der Waals surface area contributed by atoms with E-state index in [0.717, 1.165) is 5.75 Å². The van der Waals surface area contributed by atoms with Crippen molar-refractivity contribution < 1.29 is 4.74 Å². The standard InChI is InChI=1S/C14H16INOS/c1-3-17-12-6-4-10(5-7-12)14(16-2)11-8-13(15)18-9-11/h4-9,14,16H,3H2,1-2H3.